The molecule has 1 amide bonds. The molecule has 6 heteroatoms. The number of amides is 1. The van der Waals surface area contributed by atoms with Gasteiger partial charge in [0.1, 0.15) is 0 Å². The molecule has 0 aromatic carbocycles. The average molecular weight is 252 g/mol. The van der Waals surface area contributed by atoms with Gasteiger partial charge in [-0.3, -0.25) is 9.48 Å². The van der Waals surface area contributed by atoms with Crippen molar-refractivity contribution in [1.82, 2.24) is 15.1 Å². The predicted molar refractivity (Wildman–Crippen MR) is 66.8 cm³/mol. The van der Waals surface area contributed by atoms with Crippen LogP contribution in [-0.4, -0.2) is 33.9 Å². The number of hydrogen-bond donors (Lipinski definition) is 3. The lowest BCUT2D eigenvalue weighted by Crippen LogP contribution is -2.32. The molecule has 0 spiro atoms. The van der Waals surface area contributed by atoms with E-state index in [0.717, 1.165) is 30.5 Å². The summed E-state index contributed by atoms with van der Waals surface area (Å²) in [5, 5.41) is 16.2. The smallest absolute Gasteiger partial charge is 0.221 e. The summed E-state index contributed by atoms with van der Waals surface area (Å²) >= 11 is 0. The normalized spacial score (nSPS) is 18.4. The second-order valence-electron chi connectivity index (χ2n) is 4.54. The van der Waals surface area contributed by atoms with Crippen LogP contribution in [0.1, 0.15) is 36.6 Å². The van der Waals surface area contributed by atoms with Crippen LogP contribution >= 0.6 is 0 Å². The molecule has 0 saturated carbocycles. The van der Waals surface area contributed by atoms with Gasteiger partial charge in [-0.15, -0.1) is 0 Å². The Balaban J connectivity index is 2.10. The topological polar surface area (TPSA) is 93.2 Å². The molecule has 0 fully saturated rings. The number of aliphatic hydroxyl groups excluding tert-OH is 1. The summed E-state index contributed by atoms with van der Waals surface area (Å²) < 4.78 is 1.83. The van der Waals surface area contributed by atoms with E-state index in [1.54, 1.807) is 6.20 Å². The summed E-state index contributed by atoms with van der Waals surface area (Å²) in [4.78, 5) is 11.6. The van der Waals surface area contributed by atoms with E-state index in [4.69, 9.17) is 10.8 Å². The van der Waals surface area contributed by atoms with Gasteiger partial charge in [0.25, 0.3) is 0 Å². The zero-order chi connectivity index (χ0) is 13.0. The molecule has 1 aromatic rings. The Morgan fingerprint density at radius 2 is 2.50 bits per heavy atom. The number of carbonyl (C=O) groups is 1. The molecule has 100 valence electrons. The fourth-order valence-electron chi connectivity index (χ4n) is 2.45. The Kier molecular flexibility index (Phi) is 4.33. The van der Waals surface area contributed by atoms with Gasteiger partial charge >= 0.3 is 0 Å². The molecule has 1 aliphatic rings. The van der Waals surface area contributed by atoms with Gasteiger partial charge in [-0.05, 0) is 19.3 Å². The average Bonchev–Trinajstić information content (AvgIpc) is 2.75. The van der Waals surface area contributed by atoms with Gasteiger partial charge in [0.2, 0.25) is 5.91 Å². The third-order valence-corrected chi connectivity index (χ3v) is 3.28. The van der Waals surface area contributed by atoms with Crippen molar-refractivity contribution in [2.45, 2.75) is 38.3 Å². The minimum absolute atomic E-state index is 0.00902. The Morgan fingerprint density at radius 1 is 1.67 bits per heavy atom. The first-order valence-electron chi connectivity index (χ1n) is 6.41. The number of hydrogen-bond acceptors (Lipinski definition) is 4. The van der Waals surface area contributed by atoms with E-state index in [9.17, 15) is 4.79 Å². The Hall–Kier alpha value is -1.40. The molecule has 1 unspecified atom stereocenters. The number of rotatable bonds is 5. The van der Waals surface area contributed by atoms with Crippen LogP contribution in [0.2, 0.25) is 0 Å². The summed E-state index contributed by atoms with van der Waals surface area (Å²) in [5.74, 6) is -0.00902. The molecule has 1 aliphatic carbocycles. The second-order valence-corrected chi connectivity index (χ2v) is 4.54. The van der Waals surface area contributed by atoms with Crippen LogP contribution in [0.3, 0.4) is 0 Å². The molecule has 6 nitrogen and oxygen atoms in total. The monoisotopic (exact) mass is 252 g/mol. The molecule has 1 heterocycles. The molecule has 1 aromatic heterocycles. The number of nitrogens with two attached hydrogens (primary N) is 1. The lowest BCUT2D eigenvalue weighted by molar-refractivity contribution is -0.121. The van der Waals surface area contributed by atoms with Crippen LogP contribution in [0.15, 0.2) is 6.20 Å². The number of fused-ring (bicyclic) bond motifs is 1. The zero-order valence-electron chi connectivity index (χ0n) is 10.4. The standard InChI is InChI=1S/C12H20N4O2/c13-5-4-12(18)15-10-2-1-3-11-9(10)8-14-16(11)6-7-17/h8,10,17H,1-7,13H2,(H,15,18). The summed E-state index contributed by atoms with van der Waals surface area (Å²) in [6.45, 7) is 0.965. The third-order valence-electron chi connectivity index (χ3n) is 3.28. The molecule has 0 radical (unpaired) electrons. The van der Waals surface area contributed by atoms with E-state index < -0.39 is 0 Å². The molecule has 4 N–H and O–H groups in total. The Bertz CT molecular complexity index is 416. The molecular formula is C12H20N4O2. The van der Waals surface area contributed by atoms with Crippen molar-refractivity contribution < 1.29 is 9.90 Å². The van der Waals surface area contributed by atoms with Crippen molar-refractivity contribution in [3.05, 3.63) is 17.5 Å². The summed E-state index contributed by atoms with van der Waals surface area (Å²) in [5.41, 5.74) is 7.58. The van der Waals surface area contributed by atoms with Crippen LogP contribution in [0, 0.1) is 0 Å². The van der Waals surface area contributed by atoms with Gasteiger partial charge in [-0.2, -0.15) is 5.10 Å². The molecule has 0 aliphatic heterocycles. The highest BCUT2D eigenvalue weighted by atomic mass is 16.3. The largest absolute Gasteiger partial charge is 0.394 e. The number of nitrogens with zero attached hydrogens (tertiary/aromatic N) is 2. The Labute approximate surface area is 106 Å². The van der Waals surface area contributed by atoms with Crippen molar-refractivity contribution in [2.24, 2.45) is 5.73 Å². The van der Waals surface area contributed by atoms with Gasteiger partial charge in [-0.1, -0.05) is 0 Å². The SMILES string of the molecule is NCCC(=O)NC1CCCc2c1cnn2CCO. The fourth-order valence-corrected chi connectivity index (χ4v) is 2.45. The first kappa shape index (κ1) is 13.0. The quantitative estimate of drug-likeness (QED) is 0.672. The van der Waals surface area contributed by atoms with Gasteiger partial charge < -0.3 is 16.2 Å². The van der Waals surface area contributed by atoms with E-state index in [-0.39, 0.29) is 18.6 Å². The van der Waals surface area contributed by atoms with E-state index >= 15 is 0 Å². The summed E-state index contributed by atoms with van der Waals surface area (Å²) in [7, 11) is 0. The molecule has 2 rings (SSSR count). The number of aromatic nitrogens is 2. The first-order chi connectivity index (χ1) is 8.76. The molecular weight excluding hydrogens is 232 g/mol. The maximum atomic E-state index is 11.6. The maximum Gasteiger partial charge on any atom is 0.221 e. The Morgan fingerprint density at radius 3 is 3.22 bits per heavy atom. The molecule has 18 heavy (non-hydrogen) atoms. The van der Waals surface area contributed by atoms with E-state index in [2.05, 4.69) is 10.4 Å². The fraction of sp³-hybridized carbons (Fsp3) is 0.667. The summed E-state index contributed by atoms with van der Waals surface area (Å²) in [6, 6.07) is 0.0419. The van der Waals surface area contributed by atoms with Crippen LogP contribution < -0.4 is 11.1 Å². The van der Waals surface area contributed by atoms with Gasteiger partial charge in [0.15, 0.2) is 0 Å². The second kappa shape index (κ2) is 5.97. The van der Waals surface area contributed by atoms with E-state index in [0.29, 0.717) is 19.5 Å². The van der Waals surface area contributed by atoms with Crippen molar-refractivity contribution in [1.29, 1.82) is 0 Å². The predicted octanol–water partition coefficient (Wildman–Crippen LogP) is -0.282. The highest BCUT2D eigenvalue weighted by molar-refractivity contribution is 5.76. The third kappa shape index (κ3) is 2.70. The van der Waals surface area contributed by atoms with Crippen molar-refractivity contribution in [3.63, 3.8) is 0 Å². The lowest BCUT2D eigenvalue weighted by atomic mass is 9.93. The van der Waals surface area contributed by atoms with Gasteiger partial charge in [0, 0.05) is 24.2 Å². The van der Waals surface area contributed by atoms with Crippen LogP contribution in [-0.2, 0) is 17.8 Å². The van der Waals surface area contributed by atoms with Gasteiger partial charge in [0.05, 0.1) is 25.4 Å². The maximum absolute atomic E-state index is 11.6. The van der Waals surface area contributed by atoms with Crippen molar-refractivity contribution in [3.8, 4) is 0 Å². The zero-order valence-corrected chi connectivity index (χ0v) is 10.4. The minimum Gasteiger partial charge on any atom is -0.394 e. The lowest BCUT2D eigenvalue weighted by Gasteiger charge is -2.24. The number of carbonyl (C=O) groups excluding carboxylic acids is 1. The highest BCUT2D eigenvalue weighted by Gasteiger charge is 2.25. The van der Waals surface area contributed by atoms with Gasteiger partial charge in [-0.25, -0.2) is 0 Å². The number of aliphatic hydroxyl groups is 1. The van der Waals surface area contributed by atoms with Crippen LogP contribution in [0.25, 0.3) is 0 Å². The van der Waals surface area contributed by atoms with E-state index in [1.807, 2.05) is 4.68 Å². The van der Waals surface area contributed by atoms with Crippen LogP contribution in [0.5, 0.6) is 0 Å². The first-order valence-corrected chi connectivity index (χ1v) is 6.41. The van der Waals surface area contributed by atoms with Crippen molar-refractivity contribution >= 4 is 5.91 Å². The number of nitrogens with one attached hydrogen (secondary N) is 1. The van der Waals surface area contributed by atoms with E-state index in [1.165, 1.54) is 0 Å². The minimum atomic E-state index is -0.00902. The molecule has 1 atom stereocenters. The molecule has 0 saturated heterocycles. The molecule has 0 bridgehead atoms. The summed E-state index contributed by atoms with van der Waals surface area (Å²) in [6.07, 6.45) is 5.08. The highest BCUT2D eigenvalue weighted by Crippen LogP contribution is 2.29. The van der Waals surface area contributed by atoms with Crippen molar-refractivity contribution in [2.75, 3.05) is 13.2 Å². The van der Waals surface area contributed by atoms with Crippen LogP contribution in [0.4, 0.5) is 0 Å².